The van der Waals surface area contributed by atoms with E-state index in [0.717, 1.165) is 149 Å². The van der Waals surface area contributed by atoms with Crippen LogP contribution in [0, 0.1) is 75.6 Å². The maximum absolute atomic E-state index is 13.0. The van der Waals surface area contributed by atoms with E-state index in [4.69, 9.17) is 33.5 Å². The zero-order valence-electron chi connectivity index (χ0n) is 81.6. The van der Waals surface area contributed by atoms with Crippen molar-refractivity contribution >= 4 is 114 Å². The quantitative estimate of drug-likeness (QED) is 0.00978. The van der Waals surface area contributed by atoms with Gasteiger partial charge in [0.25, 0.3) is 24.3 Å². The molecule has 0 bridgehead atoms. The molecular weight excluding hydrogens is 1950 g/mol. The Labute approximate surface area is 850 Å². The third-order valence-corrected chi connectivity index (χ3v) is 25.2. The summed E-state index contributed by atoms with van der Waals surface area (Å²) in [6.45, 7) is 30.8. The van der Waals surface area contributed by atoms with E-state index in [1.165, 1.54) is 94.5 Å². The number of ketones is 3. The lowest BCUT2D eigenvalue weighted by Gasteiger charge is -2.29. The molecule has 736 valence electrons. The van der Waals surface area contributed by atoms with E-state index in [1.807, 2.05) is 92.7 Å². The van der Waals surface area contributed by atoms with Crippen LogP contribution in [0.4, 0.5) is 40.3 Å². The van der Waals surface area contributed by atoms with Crippen molar-refractivity contribution < 1.29 is 43.3 Å². The van der Waals surface area contributed by atoms with Crippen molar-refractivity contribution in [2.24, 2.45) is 0 Å². The Kier molecular flexibility index (Phi) is 42.6. The summed E-state index contributed by atoms with van der Waals surface area (Å²) in [5.41, 5.74) is 39.2. The summed E-state index contributed by atoms with van der Waals surface area (Å²) >= 11 is 12.3. The van der Waals surface area contributed by atoms with Crippen LogP contribution in [0.3, 0.4) is 0 Å². The molecule has 142 heavy (non-hydrogen) atoms. The van der Waals surface area contributed by atoms with Crippen molar-refractivity contribution in [2.45, 2.75) is 139 Å². The minimum absolute atomic E-state index is 0.0469. The van der Waals surface area contributed by atoms with Crippen LogP contribution >= 0.6 is 43.5 Å². The Morgan fingerprint density at radius 2 is 0.761 bits per heavy atom. The lowest BCUT2D eigenvalue weighted by atomic mass is 10.0. The largest absolute Gasteiger partial charge is 0.429 e. The first-order valence-electron chi connectivity index (χ1n) is 46.4. The van der Waals surface area contributed by atoms with Gasteiger partial charge in [-0.05, 0) is 275 Å². The van der Waals surface area contributed by atoms with Crippen molar-refractivity contribution in [1.82, 2.24) is 59.6 Å². The highest BCUT2D eigenvalue weighted by Crippen LogP contribution is 2.33. The Morgan fingerprint density at radius 3 is 1.13 bits per heavy atom. The van der Waals surface area contributed by atoms with Gasteiger partial charge in [-0.1, -0.05) is 138 Å². The molecule has 0 aliphatic carbocycles. The second kappa shape index (κ2) is 55.3. The van der Waals surface area contributed by atoms with E-state index in [2.05, 4.69) is 217 Å². The van der Waals surface area contributed by atoms with E-state index in [0.29, 0.717) is 65.1 Å². The molecular formula is C109H118Br2ClN19O11. The standard InChI is InChI=1S/C25H26N4O3.C25H28N4O.C20H16ClN3O3.C15H24N2O2.C12H13N3.C8H7BrO2.C4H4BrN3/c1-17-6-7-19(12-18(17)2)20-15-26-25(27-16-20)14-24(30)22-13-21(8-9-23(22)29(31)32)28-10-4-3-5-11-28;1-17-6-7-19(12-18(17)2)20-15-27-25(28-16-20)14-24(30)22-13-21(8-9-23(22)26)29-10-4-3-5-11-29;1-12-3-4-14(7-13(12)2)15-10-22-20(23-11-15)9-19(25)17-8-16(21)5-6-18(17)24(26)27;1-4-17(5-2)10-9-16(3)12-14-7-6-8-15(11-14)19-13-18;1-8-3-4-10(5-9(8)2)11-6-14-12(13)15-7-11;9-5-7-2-1-3-8(4-7)11-6-10;5-3-1-7-4(6)8-2-3/h6-9,12-13,15-16H,3-5,10-11,14H2,1-2H3;6-9,12-13,15-16H,3-5,10-11,14,26H2,1-2H3;3-8,10-11H,9H2,1-2H3;6-8,11,13H,4-5,9-10,12H2,1-3H3;3-7H,1-2H3,(H2,13,14,15);1-4,6H,5H2;1-2H,(H2,6,7,8). The van der Waals surface area contributed by atoms with Gasteiger partial charge in [0.1, 0.15) is 29.0 Å². The molecule has 6 N–H and O–H groups in total. The average Bonchev–Trinajstić information content (AvgIpc) is 0.807. The van der Waals surface area contributed by atoms with Crippen molar-refractivity contribution in [3.05, 3.63) is 357 Å². The molecule has 16 rings (SSSR count). The van der Waals surface area contributed by atoms with Crippen molar-refractivity contribution in [1.29, 1.82) is 0 Å². The number of nitro benzene ring substituents is 2. The number of rotatable bonds is 29. The van der Waals surface area contributed by atoms with Crippen molar-refractivity contribution in [3.63, 3.8) is 0 Å². The number of Topliss-reactive ketones (excluding diaryl/α,β-unsaturated/α-hetero) is 3. The fourth-order valence-corrected chi connectivity index (χ4v) is 15.8. The molecule has 2 aliphatic rings. The second-order valence-electron chi connectivity index (χ2n) is 34.1. The Bertz CT molecular complexity index is 6580. The first-order valence-corrected chi connectivity index (χ1v) is 48.7. The number of benzene rings is 9. The van der Waals surface area contributed by atoms with E-state index in [9.17, 15) is 44.2 Å². The van der Waals surface area contributed by atoms with Gasteiger partial charge in [-0.15, -0.1) is 0 Å². The van der Waals surface area contributed by atoms with E-state index < -0.39 is 15.6 Å². The monoisotopic (exact) mass is 2060 g/mol. The van der Waals surface area contributed by atoms with Gasteiger partial charge in [-0.2, -0.15) is 0 Å². The maximum Gasteiger partial charge on any atom is 0.298 e. The first kappa shape index (κ1) is 109. The molecule has 30 nitrogen and oxygen atoms in total. The summed E-state index contributed by atoms with van der Waals surface area (Å²) in [5, 5.41) is 23.7. The number of aryl methyl sites for hydroxylation is 8. The Morgan fingerprint density at radius 1 is 0.415 bits per heavy atom. The molecule has 0 unspecified atom stereocenters. The van der Waals surface area contributed by atoms with Crippen LogP contribution in [0.2, 0.25) is 5.02 Å². The molecule has 14 aromatic rings. The number of ether oxygens (including phenoxy) is 2. The fraction of sp³-hybridized carbons (Fsp3) is 0.275. The predicted octanol–water partition coefficient (Wildman–Crippen LogP) is 21.9. The van der Waals surface area contributed by atoms with Crippen LogP contribution in [0.25, 0.3) is 44.5 Å². The number of carbonyl (C=O) groups excluding carboxylic acids is 5. The van der Waals surface area contributed by atoms with E-state index in [1.54, 1.807) is 86.2 Å². The molecule has 0 atom stereocenters. The highest BCUT2D eigenvalue weighted by Gasteiger charge is 2.26. The third-order valence-electron chi connectivity index (χ3n) is 23.9. The number of nitrogens with two attached hydrogens (primary N) is 3. The molecule has 33 heteroatoms. The van der Waals surface area contributed by atoms with Gasteiger partial charge in [0, 0.05) is 175 Å². The molecule has 9 aromatic carbocycles. The van der Waals surface area contributed by atoms with Crippen LogP contribution in [-0.4, -0.2) is 159 Å². The molecule has 0 spiro atoms. The van der Waals surface area contributed by atoms with Gasteiger partial charge in [-0.25, -0.2) is 49.8 Å². The average molecular weight is 2070 g/mol. The van der Waals surface area contributed by atoms with Gasteiger partial charge in [-0.3, -0.25) is 44.2 Å². The van der Waals surface area contributed by atoms with E-state index >= 15 is 0 Å². The number of piperidine rings is 2. The number of nitrogens with zero attached hydrogens (tertiary/aromatic N) is 16. The minimum atomic E-state index is -0.604. The summed E-state index contributed by atoms with van der Waals surface area (Å²) < 4.78 is 10.3. The number of likely N-dealkylation sites (N-methyl/N-ethyl adjacent to an activating group) is 2. The number of hydrogen-bond acceptors (Lipinski definition) is 28. The zero-order chi connectivity index (χ0) is 102. The first-order chi connectivity index (χ1) is 68.3. The zero-order valence-corrected chi connectivity index (χ0v) is 85.5. The van der Waals surface area contributed by atoms with Crippen LogP contribution in [0.1, 0.15) is 157 Å². The molecule has 2 saturated heterocycles. The van der Waals surface area contributed by atoms with Gasteiger partial charge in [0.05, 0.1) is 44.7 Å². The number of nitro groups is 2. The number of carbonyl (C=O) groups is 5. The molecule has 2 fully saturated rings. The van der Waals surface area contributed by atoms with Crippen molar-refractivity contribution in [2.75, 3.05) is 86.4 Å². The molecule has 0 radical (unpaired) electrons. The van der Waals surface area contributed by atoms with Gasteiger partial charge in [0.2, 0.25) is 11.9 Å². The highest BCUT2D eigenvalue weighted by molar-refractivity contribution is 9.10. The number of anilines is 5. The topological polar surface area (TPSA) is 410 Å². The van der Waals surface area contributed by atoms with Crippen LogP contribution < -0.4 is 36.5 Å². The summed E-state index contributed by atoms with van der Waals surface area (Å²) in [7, 11) is 2.11. The maximum atomic E-state index is 13.0. The van der Waals surface area contributed by atoms with Crippen LogP contribution in [-0.2, 0) is 40.7 Å². The Hall–Kier alpha value is -14.7. The van der Waals surface area contributed by atoms with Crippen LogP contribution in [0.5, 0.6) is 11.5 Å². The molecule has 5 aromatic heterocycles. The smallest absolute Gasteiger partial charge is 0.298 e. The minimum Gasteiger partial charge on any atom is -0.429 e. The highest BCUT2D eigenvalue weighted by atomic mass is 79.9. The number of alkyl halides is 1. The molecule has 0 amide bonds. The normalized spacial score (nSPS) is 11.9. The fourth-order valence-electron chi connectivity index (χ4n) is 15.0. The lowest BCUT2D eigenvalue weighted by molar-refractivity contribution is -0.385. The van der Waals surface area contributed by atoms with Gasteiger partial charge >= 0.3 is 0 Å². The number of nitrogen functional groups attached to an aromatic ring is 3. The summed E-state index contributed by atoms with van der Waals surface area (Å²) in [6.07, 6.45) is 23.8. The predicted molar refractivity (Wildman–Crippen MR) is 568 cm³/mol. The number of hydrogen-bond donors (Lipinski definition) is 3. The van der Waals surface area contributed by atoms with Crippen LogP contribution in [0.15, 0.2) is 242 Å². The van der Waals surface area contributed by atoms with E-state index in [-0.39, 0.29) is 58.4 Å². The number of aromatic nitrogens is 10. The van der Waals surface area contributed by atoms with Gasteiger partial charge in [0.15, 0.2) is 17.3 Å². The van der Waals surface area contributed by atoms with Crippen molar-refractivity contribution in [3.8, 4) is 56.0 Å². The summed E-state index contributed by atoms with van der Waals surface area (Å²) in [4.78, 5) is 131. The number of halogens is 3. The summed E-state index contributed by atoms with van der Waals surface area (Å²) in [6, 6.07) is 54.3. The second-order valence-corrected chi connectivity index (χ2v) is 36.0. The SMILES string of the molecule is CCN(CC)CCN(C)Cc1cccc(OC=O)c1.Cc1ccc(-c2cnc(CC(=O)c3cc(Cl)ccc3[N+](=O)[O-])nc2)cc1C.Cc1ccc(-c2cnc(CC(=O)c3cc(N4CCCCC4)ccc3N)nc2)cc1C.Cc1ccc(-c2cnc(CC(=O)c3cc(N4CCCCC4)ccc3[N+](=O)[O-])nc2)cc1C.Cc1ccc(-c2cnc(N)nc2)cc1C.Nc1ncc(Br)cn1.O=COc1cccc(CBr)c1. The Balaban J connectivity index is 0.000000177. The molecule has 7 heterocycles. The third kappa shape index (κ3) is 33.8. The summed E-state index contributed by atoms with van der Waals surface area (Å²) in [5.74, 6) is 2.08. The molecule has 2 aliphatic heterocycles. The van der Waals surface area contributed by atoms with Gasteiger partial charge < -0.3 is 46.3 Å². The lowest BCUT2D eigenvalue weighted by Crippen LogP contribution is -2.32. The molecule has 0 saturated carbocycles.